The molecule has 0 atom stereocenters. The molecule has 0 saturated carbocycles. The van der Waals surface area contributed by atoms with Gasteiger partial charge in [-0.25, -0.2) is 0 Å². The third kappa shape index (κ3) is 3.23. The zero-order valence-electron chi connectivity index (χ0n) is 9.98. The number of benzene rings is 2. The Kier molecular flexibility index (Phi) is 4.86. The standard InChI is InChI=1S/C13H8BrCl2NO3/c14-7-9-10(15)2-1-3-13(9)20-8-4-5-12(17(18)19)11(16)6-8/h1-6H,7H2. The van der Waals surface area contributed by atoms with Gasteiger partial charge < -0.3 is 4.74 Å². The molecule has 0 aliphatic carbocycles. The van der Waals surface area contributed by atoms with Gasteiger partial charge in [0.15, 0.2) is 0 Å². The van der Waals surface area contributed by atoms with Gasteiger partial charge in [0.2, 0.25) is 0 Å². The average Bonchev–Trinajstić information content (AvgIpc) is 2.38. The molecule has 0 saturated heterocycles. The van der Waals surface area contributed by atoms with E-state index in [9.17, 15) is 10.1 Å². The van der Waals surface area contributed by atoms with Crippen molar-refractivity contribution >= 4 is 44.8 Å². The molecule has 0 bridgehead atoms. The first-order chi connectivity index (χ1) is 9.52. The van der Waals surface area contributed by atoms with Gasteiger partial charge in [0.25, 0.3) is 5.69 Å². The number of hydrogen-bond donors (Lipinski definition) is 0. The van der Waals surface area contributed by atoms with Gasteiger partial charge in [-0.1, -0.05) is 45.2 Å². The number of halogens is 3. The Hall–Kier alpha value is -1.30. The molecule has 0 heterocycles. The minimum absolute atomic E-state index is 0.0231. The van der Waals surface area contributed by atoms with Crippen molar-refractivity contribution in [2.45, 2.75) is 5.33 Å². The van der Waals surface area contributed by atoms with Gasteiger partial charge in [-0.2, -0.15) is 0 Å². The van der Waals surface area contributed by atoms with Gasteiger partial charge in [-0.05, 0) is 18.2 Å². The van der Waals surface area contributed by atoms with E-state index in [0.717, 1.165) is 5.56 Å². The van der Waals surface area contributed by atoms with Gasteiger partial charge in [-0.3, -0.25) is 10.1 Å². The van der Waals surface area contributed by atoms with E-state index in [1.54, 1.807) is 18.2 Å². The number of ether oxygens (including phenoxy) is 1. The zero-order valence-corrected chi connectivity index (χ0v) is 13.1. The summed E-state index contributed by atoms with van der Waals surface area (Å²) in [7, 11) is 0. The largest absolute Gasteiger partial charge is 0.457 e. The lowest BCUT2D eigenvalue weighted by molar-refractivity contribution is -0.384. The molecule has 0 spiro atoms. The molecule has 7 heteroatoms. The third-order valence-electron chi connectivity index (χ3n) is 2.55. The predicted octanol–water partition coefficient (Wildman–Crippen LogP) is 5.59. The predicted molar refractivity (Wildman–Crippen MR) is 82.3 cm³/mol. The Labute approximate surface area is 133 Å². The van der Waals surface area contributed by atoms with Crippen LogP contribution in [0.1, 0.15) is 5.56 Å². The van der Waals surface area contributed by atoms with Crippen LogP contribution in [0.3, 0.4) is 0 Å². The summed E-state index contributed by atoms with van der Waals surface area (Å²) in [6, 6.07) is 9.47. The topological polar surface area (TPSA) is 52.4 Å². The van der Waals surface area contributed by atoms with E-state index in [-0.39, 0.29) is 10.7 Å². The molecule has 2 rings (SSSR count). The van der Waals surface area contributed by atoms with Crippen LogP contribution in [0.4, 0.5) is 5.69 Å². The van der Waals surface area contributed by atoms with Crippen LogP contribution in [0.2, 0.25) is 10.0 Å². The lowest BCUT2D eigenvalue weighted by atomic mass is 10.2. The van der Waals surface area contributed by atoms with Gasteiger partial charge in [0.05, 0.1) is 4.92 Å². The van der Waals surface area contributed by atoms with Gasteiger partial charge >= 0.3 is 0 Å². The highest BCUT2D eigenvalue weighted by molar-refractivity contribution is 9.08. The highest BCUT2D eigenvalue weighted by atomic mass is 79.9. The lowest BCUT2D eigenvalue weighted by Gasteiger charge is -2.11. The van der Waals surface area contributed by atoms with Crippen LogP contribution < -0.4 is 4.74 Å². The number of alkyl halides is 1. The molecular weight excluding hydrogens is 369 g/mol. The second-order valence-corrected chi connectivity index (χ2v) is 5.20. The fourth-order valence-corrected chi connectivity index (χ4v) is 2.80. The molecule has 0 aromatic heterocycles. The Morgan fingerprint density at radius 2 is 1.95 bits per heavy atom. The fourth-order valence-electron chi connectivity index (χ4n) is 1.59. The van der Waals surface area contributed by atoms with E-state index in [0.29, 0.717) is 21.9 Å². The van der Waals surface area contributed by atoms with Crippen LogP contribution in [0.5, 0.6) is 11.5 Å². The van der Waals surface area contributed by atoms with Crippen molar-refractivity contribution in [2.24, 2.45) is 0 Å². The SMILES string of the molecule is O=[N+]([O-])c1ccc(Oc2cccc(Cl)c2CBr)cc1Cl. The van der Waals surface area contributed by atoms with Crippen LogP contribution >= 0.6 is 39.1 Å². The third-order valence-corrected chi connectivity index (χ3v) is 3.77. The first-order valence-electron chi connectivity index (χ1n) is 5.48. The van der Waals surface area contributed by atoms with Crippen LogP contribution in [0.15, 0.2) is 36.4 Å². The maximum atomic E-state index is 10.7. The number of hydrogen-bond acceptors (Lipinski definition) is 3. The second kappa shape index (κ2) is 6.43. The lowest BCUT2D eigenvalue weighted by Crippen LogP contribution is -1.92. The van der Waals surface area contributed by atoms with Crippen LogP contribution in [0, 0.1) is 10.1 Å². The highest BCUT2D eigenvalue weighted by Crippen LogP contribution is 2.35. The summed E-state index contributed by atoms with van der Waals surface area (Å²) < 4.78 is 5.68. The Bertz CT molecular complexity index is 664. The molecule has 0 aliphatic rings. The first kappa shape index (κ1) is 15.1. The Morgan fingerprint density at radius 3 is 2.55 bits per heavy atom. The van der Waals surface area contributed by atoms with Crippen molar-refractivity contribution in [1.29, 1.82) is 0 Å². The van der Waals surface area contributed by atoms with Crippen LogP contribution in [0.25, 0.3) is 0 Å². The van der Waals surface area contributed by atoms with Crippen LogP contribution in [-0.2, 0) is 5.33 Å². The fraction of sp³-hybridized carbons (Fsp3) is 0.0769. The summed E-state index contributed by atoms with van der Waals surface area (Å²) in [6.45, 7) is 0. The van der Waals surface area contributed by atoms with Crippen molar-refractivity contribution in [3.63, 3.8) is 0 Å². The molecule has 0 aliphatic heterocycles. The van der Waals surface area contributed by atoms with Crippen molar-refractivity contribution in [3.05, 3.63) is 62.1 Å². The maximum absolute atomic E-state index is 10.7. The highest BCUT2D eigenvalue weighted by Gasteiger charge is 2.14. The maximum Gasteiger partial charge on any atom is 0.288 e. The molecule has 2 aromatic rings. The van der Waals surface area contributed by atoms with Crippen molar-refractivity contribution in [2.75, 3.05) is 0 Å². The minimum Gasteiger partial charge on any atom is -0.457 e. The summed E-state index contributed by atoms with van der Waals surface area (Å²) in [6.07, 6.45) is 0. The van der Waals surface area contributed by atoms with E-state index < -0.39 is 4.92 Å². The molecule has 4 nitrogen and oxygen atoms in total. The van der Waals surface area contributed by atoms with E-state index in [1.165, 1.54) is 18.2 Å². The van der Waals surface area contributed by atoms with Gasteiger partial charge in [0.1, 0.15) is 16.5 Å². The van der Waals surface area contributed by atoms with Crippen LogP contribution in [-0.4, -0.2) is 4.92 Å². The quantitative estimate of drug-likeness (QED) is 0.397. The summed E-state index contributed by atoms with van der Waals surface area (Å²) >= 11 is 15.2. The molecule has 0 amide bonds. The smallest absolute Gasteiger partial charge is 0.288 e. The number of nitro benzene ring substituents is 1. The molecule has 2 aromatic carbocycles. The average molecular weight is 377 g/mol. The zero-order chi connectivity index (χ0) is 14.7. The van der Waals surface area contributed by atoms with E-state index in [2.05, 4.69) is 15.9 Å². The molecule has 0 N–H and O–H groups in total. The first-order valence-corrected chi connectivity index (χ1v) is 7.36. The van der Waals surface area contributed by atoms with Crippen molar-refractivity contribution < 1.29 is 9.66 Å². The van der Waals surface area contributed by atoms with E-state index in [4.69, 9.17) is 27.9 Å². The Morgan fingerprint density at radius 1 is 1.20 bits per heavy atom. The van der Waals surface area contributed by atoms with Gasteiger partial charge in [-0.15, -0.1) is 0 Å². The monoisotopic (exact) mass is 375 g/mol. The second-order valence-electron chi connectivity index (χ2n) is 3.82. The molecule has 0 radical (unpaired) electrons. The van der Waals surface area contributed by atoms with E-state index in [1.807, 2.05) is 0 Å². The number of nitro groups is 1. The summed E-state index contributed by atoms with van der Waals surface area (Å²) in [5.41, 5.74) is 0.634. The summed E-state index contributed by atoms with van der Waals surface area (Å²) in [4.78, 5) is 10.1. The summed E-state index contributed by atoms with van der Waals surface area (Å²) in [5.74, 6) is 0.976. The van der Waals surface area contributed by atoms with Crippen molar-refractivity contribution in [1.82, 2.24) is 0 Å². The molecule has 104 valence electrons. The van der Waals surface area contributed by atoms with Gasteiger partial charge in [0, 0.05) is 28.0 Å². The normalized spacial score (nSPS) is 10.3. The van der Waals surface area contributed by atoms with E-state index >= 15 is 0 Å². The molecule has 0 fully saturated rings. The molecule has 20 heavy (non-hydrogen) atoms. The Balaban J connectivity index is 2.34. The van der Waals surface area contributed by atoms with Crippen molar-refractivity contribution in [3.8, 4) is 11.5 Å². The minimum atomic E-state index is -0.546. The number of rotatable bonds is 4. The number of nitrogens with zero attached hydrogens (tertiary/aromatic N) is 1. The summed E-state index contributed by atoms with van der Waals surface area (Å²) in [5, 5.41) is 11.8. The molecule has 0 unspecified atom stereocenters. The molecular formula is C13H8BrCl2NO3.